The van der Waals surface area contributed by atoms with Crippen molar-refractivity contribution in [1.29, 1.82) is 0 Å². The lowest BCUT2D eigenvalue weighted by Crippen LogP contribution is -1.96. The zero-order valence-corrected chi connectivity index (χ0v) is 14.3. The summed E-state index contributed by atoms with van der Waals surface area (Å²) in [6.07, 6.45) is 3.58. The minimum atomic E-state index is 0.579. The molecule has 0 amide bonds. The number of aromatic nitrogens is 4. The van der Waals surface area contributed by atoms with E-state index in [1.165, 1.54) is 0 Å². The predicted octanol–water partition coefficient (Wildman–Crippen LogP) is 4.42. The summed E-state index contributed by atoms with van der Waals surface area (Å²) < 4.78 is 5.52. The van der Waals surface area contributed by atoms with Gasteiger partial charge in [-0.2, -0.15) is 0 Å². The molecule has 0 atom stereocenters. The average molecular weight is 340 g/mol. The molecule has 2 aromatic carbocycles. The van der Waals surface area contributed by atoms with E-state index in [9.17, 15) is 0 Å². The fraction of sp³-hybridized carbons (Fsp3) is 0.143. The maximum Gasteiger partial charge on any atom is 0.0996 e. The first-order chi connectivity index (χ1) is 12.8. The van der Waals surface area contributed by atoms with Gasteiger partial charge in [-0.25, -0.2) is 9.97 Å². The third-order valence-electron chi connectivity index (χ3n) is 4.55. The molecule has 5 nitrogen and oxygen atoms in total. The van der Waals surface area contributed by atoms with Crippen molar-refractivity contribution in [2.45, 2.75) is 13.5 Å². The lowest BCUT2D eigenvalue weighted by molar-refractivity contribution is 0.134. The van der Waals surface area contributed by atoms with Crippen LogP contribution in [0.2, 0.25) is 0 Å². The summed E-state index contributed by atoms with van der Waals surface area (Å²) in [6.45, 7) is 3.26. The van der Waals surface area contributed by atoms with Gasteiger partial charge in [0.25, 0.3) is 0 Å². The molecular weight excluding hydrogens is 324 g/mol. The van der Waals surface area contributed by atoms with Crippen LogP contribution in [0.4, 0.5) is 0 Å². The van der Waals surface area contributed by atoms with Crippen LogP contribution in [0.1, 0.15) is 12.5 Å². The molecule has 0 unspecified atom stereocenters. The summed E-state index contributed by atoms with van der Waals surface area (Å²) in [5.41, 5.74) is 6.26. The lowest BCUT2D eigenvalue weighted by atomic mass is 10.1. The van der Waals surface area contributed by atoms with Crippen molar-refractivity contribution in [3.8, 4) is 0 Å². The van der Waals surface area contributed by atoms with Gasteiger partial charge in [0.15, 0.2) is 0 Å². The van der Waals surface area contributed by atoms with Crippen molar-refractivity contribution in [1.82, 2.24) is 19.9 Å². The molecule has 0 N–H and O–H groups in total. The molecule has 5 aromatic rings. The Labute approximate surface area is 149 Å². The molecule has 0 aliphatic heterocycles. The first kappa shape index (κ1) is 15.1. The standard InChI is InChI=1S/C21H16N4O/c1-2-26-12-13-7-8-16-17(11-13)25-21-15-6-4-10-23-19(15)18-14(20(21)24-16)5-3-9-22-18/h3-11H,2,12H2,1H3. The minimum absolute atomic E-state index is 0.579. The highest BCUT2D eigenvalue weighted by atomic mass is 16.5. The van der Waals surface area contributed by atoms with Crippen LogP contribution < -0.4 is 0 Å². The number of pyridine rings is 2. The van der Waals surface area contributed by atoms with Crippen LogP contribution in [0.25, 0.3) is 43.9 Å². The molecule has 3 heterocycles. The van der Waals surface area contributed by atoms with Gasteiger partial charge in [-0.3, -0.25) is 9.97 Å². The molecule has 126 valence electrons. The summed E-state index contributed by atoms with van der Waals surface area (Å²) in [5.74, 6) is 0. The Morgan fingerprint density at radius 3 is 2.08 bits per heavy atom. The van der Waals surface area contributed by atoms with Gasteiger partial charge in [-0.05, 0) is 48.9 Å². The number of hydrogen-bond donors (Lipinski definition) is 0. The van der Waals surface area contributed by atoms with E-state index in [2.05, 4.69) is 9.97 Å². The van der Waals surface area contributed by atoms with E-state index < -0.39 is 0 Å². The number of nitrogens with zero attached hydrogens (tertiary/aromatic N) is 4. The first-order valence-corrected chi connectivity index (χ1v) is 8.64. The molecule has 3 aromatic heterocycles. The third kappa shape index (κ3) is 2.29. The van der Waals surface area contributed by atoms with Crippen LogP contribution in [0.15, 0.2) is 54.9 Å². The number of benzene rings is 2. The van der Waals surface area contributed by atoms with Gasteiger partial charge in [0.2, 0.25) is 0 Å². The summed E-state index contributed by atoms with van der Waals surface area (Å²) >= 11 is 0. The van der Waals surface area contributed by atoms with Crippen LogP contribution in [0.5, 0.6) is 0 Å². The van der Waals surface area contributed by atoms with Gasteiger partial charge in [-0.1, -0.05) is 6.07 Å². The normalized spacial score (nSPS) is 11.7. The third-order valence-corrected chi connectivity index (χ3v) is 4.55. The molecular formula is C21H16N4O. The highest BCUT2D eigenvalue weighted by Crippen LogP contribution is 2.31. The Bertz CT molecular complexity index is 1280. The highest BCUT2D eigenvalue weighted by molar-refractivity contribution is 6.21. The van der Waals surface area contributed by atoms with Crippen LogP contribution >= 0.6 is 0 Å². The Morgan fingerprint density at radius 2 is 1.42 bits per heavy atom. The van der Waals surface area contributed by atoms with Crippen molar-refractivity contribution in [2.75, 3.05) is 6.61 Å². The van der Waals surface area contributed by atoms with Crippen molar-refractivity contribution < 1.29 is 4.74 Å². The molecule has 0 saturated carbocycles. The van der Waals surface area contributed by atoms with Gasteiger partial charge in [-0.15, -0.1) is 0 Å². The molecule has 0 fully saturated rings. The molecule has 0 spiro atoms. The van der Waals surface area contributed by atoms with E-state index in [4.69, 9.17) is 14.7 Å². The van der Waals surface area contributed by atoms with Crippen LogP contribution in [0, 0.1) is 0 Å². The maximum absolute atomic E-state index is 5.52. The first-order valence-electron chi connectivity index (χ1n) is 8.64. The van der Waals surface area contributed by atoms with E-state index >= 15 is 0 Å². The van der Waals surface area contributed by atoms with E-state index in [-0.39, 0.29) is 0 Å². The molecule has 5 heteroatoms. The second kappa shape index (κ2) is 5.97. The molecule has 0 aliphatic rings. The summed E-state index contributed by atoms with van der Waals surface area (Å²) in [4.78, 5) is 18.9. The summed E-state index contributed by atoms with van der Waals surface area (Å²) in [7, 11) is 0. The van der Waals surface area contributed by atoms with Crippen LogP contribution in [-0.2, 0) is 11.3 Å². The van der Waals surface area contributed by atoms with Gasteiger partial charge < -0.3 is 4.74 Å². The van der Waals surface area contributed by atoms with Crippen LogP contribution in [0.3, 0.4) is 0 Å². The smallest absolute Gasteiger partial charge is 0.0996 e. The molecule has 0 radical (unpaired) electrons. The van der Waals surface area contributed by atoms with Crippen molar-refractivity contribution in [3.63, 3.8) is 0 Å². The van der Waals surface area contributed by atoms with Gasteiger partial charge in [0.05, 0.1) is 39.7 Å². The Morgan fingerprint density at radius 1 is 0.769 bits per heavy atom. The number of hydrogen-bond acceptors (Lipinski definition) is 5. The van der Waals surface area contributed by atoms with Crippen molar-refractivity contribution in [3.05, 3.63) is 60.4 Å². The van der Waals surface area contributed by atoms with Crippen LogP contribution in [-0.4, -0.2) is 26.5 Å². The number of ether oxygens (including phenoxy) is 1. The highest BCUT2D eigenvalue weighted by Gasteiger charge is 2.13. The number of fused-ring (bicyclic) bond motifs is 7. The molecule has 26 heavy (non-hydrogen) atoms. The lowest BCUT2D eigenvalue weighted by Gasteiger charge is -2.09. The Kier molecular flexibility index (Phi) is 3.47. The fourth-order valence-corrected chi connectivity index (χ4v) is 3.36. The molecule has 5 rings (SSSR count). The zero-order valence-electron chi connectivity index (χ0n) is 14.3. The van der Waals surface area contributed by atoms with Crippen molar-refractivity contribution in [2.24, 2.45) is 0 Å². The van der Waals surface area contributed by atoms with Crippen molar-refractivity contribution >= 4 is 43.9 Å². The second-order valence-electron chi connectivity index (χ2n) is 6.18. The Balaban J connectivity index is 1.90. The second-order valence-corrected chi connectivity index (χ2v) is 6.18. The van der Waals surface area contributed by atoms with Gasteiger partial charge in [0.1, 0.15) is 0 Å². The number of rotatable bonds is 3. The van der Waals surface area contributed by atoms with E-state index in [0.717, 1.165) is 49.4 Å². The summed E-state index contributed by atoms with van der Waals surface area (Å²) in [6, 6.07) is 14.0. The minimum Gasteiger partial charge on any atom is -0.377 e. The van der Waals surface area contributed by atoms with E-state index in [1.54, 1.807) is 12.4 Å². The van der Waals surface area contributed by atoms with Gasteiger partial charge in [0, 0.05) is 29.8 Å². The Hall–Kier alpha value is -3.18. The van der Waals surface area contributed by atoms with Gasteiger partial charge >= 0.3 is 0 Å². The fourth-order valence-electron chi connectivity index (χ4n) is 3.36. The average Bonchev–Trinajstić information content (AvgIpc) is 2.71. The largest absolute Gasteiger partial charge is 0.377 e. The maximum atomic E-state index is 5.52. The SMILES string of the molecule is CCOCc1ccc2nc3c4cccnc4c4ncccc4c3nc2c1. The quantitative estimate of drug-likeness (QED) is 0.359. The predicted molar refractivity (Wildman–Crippen MR) is 103 cm³/mol. The molecule has 0 aliphatic carbocycles. The molecule has 0 saturated heterocycles. The summed E-state index contributed by atoms with van der Waals surface area (Å²) in [5, 5.41) is 1.94. The molecule has 0 bridgehead atoms. The van der Waals surface area contributed by atoms with E-state index in [1.807, 2.05) is 49.4 Å². The topological polar surface area (TPSA) is 60.8 Å². The van der Waals surface area contributed by atoms with E-state index in [0.29, 0.717) is 13.2 Å². The monoisotopic (exact) mass is 340 g/mol. The zero-order chi connectivity index (χ0) is 17.5.